The Balaban J connectivity index is 1.71. The number of hydrogen-bond acceptors (Lipinski definition) is 5. The largest absolute Gasteiger partial charge is 0.305 e. The molecule has 21 heavy (non-hydrogen) atoms. The number of thiophene rings is 1. The number of aromatic amines is 1. The summed E-state index contributed by atoms with van der Waals surface area (Å²) in [4.78, 5) is 23.4. The van der Waals surface area contributed by atoms with Gasteiger partial charge in [-0.3, -0.25) is 20.0 Å². The van der Waals surface area contributed by atoms with Gasteiger partial charge >= 0.3 is 0 Å². The van der Waals surface area contributed by atoms with Crippen molar-refractivity contribution in [3.8, 4) is 0 Å². The summed E-state index contributed by atoms with van der Waals surface area (Å²) in [5, 5.41) is 16.6. The topological polar surface area (TPSA) is 86.9 Å². The van der Waals surface area contributed by atoms with E-state index in [9.17, 15) is 9.59 Å². The minimum Gasteiger partial charge on any atom is -0.305 e. The molecule has 0 saturated carbocycles. The number of nitrogens with zero attached hydrogens (tertiary/aromatic N) is 1. The summed E-state index contributed by atoms with van der Waals surface area (Å²) in [7, 11) is 0. The van der Waals surface area contributed by atoms with E-state index in [1.165, 1.54) is 13.0 Å². The van der Waals surface area contributed by atoms with Crippen molar-refractivity contribution in [3.63, 3.8) is 0 Å². The highest BCUT2D eigenvalue weighted by Crippen LogP contribution is 2.29. The zero-order valence-electron chi connectivity index (χ0n) is 11.3. The Labute approximate surface area is 125 Å². The Hall–Kier alpha value is -2.25. The van der Waals surface area contributed by atoms with E-state index in [0.29, 0.717) is 12.4 Å². The fourth-order valence-corrected chi connectivity index (χ4v) is 2.88. The van der Waals surface area contributed by atoms with Crippen LogP contribution in [-0.4, -0.2) is 21.9 Å². The van der Waals surface area contributed by atoms with Gasteiger partial charge in [-0.2, -0.15) is 16.4 Å². The fourth-order valence-electron chi connectivity index (χ4n) is 2.25. The molecule has 0 radical (unpaired) electrons. The predicted octanol–water partition coefficient (Wildman–Crippen LogP) is 1.86. The number of nitrogens with one attached hydrogen (secondary N) is 3. The number of amides is 1. The van der Waals surface area contributed by atoms with Gasteiger partial charge in [-0.05, 0) is 35.4 Å². The first-order valence-corrected chi connectivity index (χ1v) is 7.41. The van der Waals surface area contributed by atoms with Crippen molar-refractivity contribution in [1.29, 1.82) is 0 Å². The third kappa shape index (κ3) is 2.79. The van der Waals surface area contributed by atoms with Crippen molar-refractivity contribution < 1.29 is 9.59 Å². The molecule has 0 bridgehead atoms. The minimum absolute atomic E-state index is 0.0210. The van der Waals surface area contributed by atoms with Gasteiger partial charge in [0.25, 0.3) is 0 Å². The van der Waals surface area contributed by atoms with Gasteiger partial charge in [0.2, 0.25) is 5.91 Å². The summed E-state index contributed by atoms with van der Waals surface area (Å²) in [6.07, 6.45) is 3.21. The Bertz CT molecular complexity index is 703. The molecule has 1 aliphatic heterocycles. The number of aromatic nitrogens is 2. The number of carbonyl (C=O) groups is 2. The second-order valence-corrected chi connectivity index (χ2v) is 5.55. The molecular formula is C14H14N4O2S. The fraction of sp³-hybridized carbons (Fsp3) is 0.214. The van der Waals surface area contributed by atoms with E-state index in [-0.39, 0.29) is 17.7 Å². The molecular weight excluding hydrogens is 288 g/mol. The van der Waals surface area contributed by atoms with Gasteiger partial charge in [0.1, 0.15) is 6.04 Å². The van der Waals surface area contributed by atoms with Crippen LogP contribution >= 0.6 is 11.3 Å². The van der Waals surface area contributed by atoms with Crippen molar-refractivity contribution in [2.45, 2.75) is 19.5 Å². The van der Waals surface area contributed by atoms with Crippen LogP contribution in [0, 0.1) is 0 Å². The van der Waals surface area contributed by atoms with Gasteiger partial charge in [-0.15, -0.1) is 0 Å². The summed E-state index contributed by atoms with van der Waals surface area (Å²) in [6, 6.07) is 1.57. The second-order valence-electron chi connectivity index (χ2n) is 4.77. The molecule has 0 saturated heterocycles. The third-order valence-corrected chi connectivity index (χ3v) is 3.99. The van der Waals surface area contributed by atoms with Gasteiger partial charge in [-0.25, -0.2) is 0 Å². The molecule has 3 N–H and O–H groups in total. The highest BCUT2D eigenvalue weighted by molar-refractivity contribution is 7.08. The van der Waals surface area contributed by atoms with Gasteiger partial charge < -0.3 is 5.32 Å². The smallest absolute Gasteiger partial charge is 0.249 e. The summed E-state index contributed by atoms with van der Waals surface area (Å²) >= 11 is 1.58. The standard InChI is InChI=1S/C14H14N4O2S/c1-8(19)12-13-10(6-15-12)14(18-17-13)16-11(20)3-2-9-4-5-21-7-9/h2-5,7,12,15H,6H2,1H3,(H2,16,17,18,20)/t12-/m1/s1. The average molecular weight is 302 g/mol. The molecule has 1 atom stereocenters. The highest BCUT2D eigenvalue weighted by Gasteiger charge is 2.30. The van der Waals surface area contributed by atoms with Crippen LogP contribution in [0.3, 0.4) is 0 Å². The molecule has 108 valence electrons. The summed E-state index contributed by atoms with van der Waals surface area (Å²) < 4.78 is 0. The van der Waals surface area contributed by atoms with Crippen LogP contribution in [0.4, 0.5) is 5.82 Å². The molecule has 3 heterocycles. The van der Waals surface area contributed by atoms with Gasteiger partial charge in [0, 0.05) is 18.2 Å². The summed E-state index contributed by atoms with van der Waals surface area (Å²) in [6.45, 7) is 2.04. The van der Waals surface area contributed by atoms with Gasteiger partial charge in [0.15, 0.2) is 11.6 Å². The Morgan fingerprint density at radius 1 is 1.52 bits per heavy atom. The maximum atomic E-state index is 11.9. The Morgan fingerprint density at radius 2 is 2.38 bits per heavy atom. The van der Waals surface area contributed by atoms with E-state index in [0.717, 1.165) is 16.8 Å². The lowest BCUT2D eigenvalue weighted by atomic mass is 10.1. The van der Waals surface area contributed by atoms with E-state index in [1.807, 2.05) is 16.8 Å². The first kappa shape index (κ1) is 13.7. The number of H-pyrrole nitrogens is 1. The minimum atomic E-state index is -0.362. The number of Topliss-reactive ketones (excluding diaryl/α,β-unsaturated/α-hetero) is 1. The molecule has 1 aliphatic rings. The van der Waals surface area contributed by atoms with E-state index in [4.69, 9.17) is 0 Å². The summed E-state index contributed by atoms with van der Waals surface area (Å²) in [5.41, 5.74) is 2.56. The number of rotatable bonds is 4. The molecule has 3 rings (SSSR count). The van der Waals surface area contributed by atoms with Crippen molar-refractivity contribution >= 4 is 34.9 Å². The van der Waals surface area contributed by atoms with Crippen LogP contribution in [0.25, 0.3) is 6.08 Å². The summed E-state index contributed by atoms with van der Waals surface area (Å²) in [5.74, 6) is 0.246. The quantitative estimate of drug-likeness (QED) is 0.752. The van der Waals surface area contributed by atoms with Crippen LogP contribution < -0.4 is 10.6 Å². The molecule has 7 heteroatoms. The molecule has 0 unspecified atom stereocenters. The number of ketones is 1. The average Bonchev–Trinajstić information content (AvgIpc) is 3.14. The zero-order chi connectivity index (χ0) is 14.8. The van der Waals surface area contributed by atoms with E-state index >= 15 is 0 Å². The van der Waals surface area contributed by atoms with Crippen LogP contribution in [0.1, 0.15) is 29.8 Å². The first-order chi connectivity index (χ1) is 10.1. The van der Waals surface area contributed by atoms with Crippen molar-refractivity contribution in [2.75, 3.05) is 5.32 Å². The number of carbonyl (C=O) groups excluding carboxylic acids is 2. The van der Waals surface area contributed by atoms with E-state index < -0.39 is 0 Å². The van der Waals surface area contributed by atoms with E-state index in [2.05, 4.69) is 20.8 Å². The molecule has 6 nitrogen and oxygen atoms in total. The molecule has 0 fully saturated rings. The Kier molecular flexibility index (Phi) is 3.68. The van der Waals surface area contributed by atoms with Crippen LogP contribution in [0.2, 0.25) is 0 Å². The maximum Gasteiger partial charge on any atom is 0.249 e. The molecule has 0 aliphatic carbocycles. The van der Waals surface area contributed by atoms with Crippen molar-refractivity contribution in [2.24, 2.45) is 0 Å². The number of fused-ring (bicyclic) bond motifs is 1. The molecule has 0 spiro atoms. The van der Waals surface area contributed by atoms with Crippen LogP contribution in [0.5, 0.6) is 0 Å². The lowest BCUT2D eigenvalue weighted by molar-refractivity contribution is -0.119. The lowest BCUT2D eigenvalue weighted by Crippen LogP contribution is -2.20. The second kappa shape index (κ2) is 5.63. The van der Waals surface area contributed by atoms with E-state index in [1.54, 1.807) is 17.4 Å². The molecule has 2 aromatic heterocycles. The highest BCUT2D eigenvalue weighted by atomic mass is 32.1. The Morgan fingerprint density at radius 3 is 3.10 bits per heavy atom. The van der Waals surface area contributed by atoms with Crippen LogP contribution in [0.15, 0.2) is 22.9 Å². The van der Waals surface area contributed by atoms with Gasteiger partial charge in [0.05, 0.1) is 5.69 Å². The monoisotopic (exact) mass is 302 g/mol. The first-order valence-electron chi connectivity index (χ1n) is 6.47. The molecule has 2 aromatic rings. The predicted molar refractivity (Wildman–Crippen MR) is 80.8 cm³/mol. The van der Waals surface area contributed by atoms with Crippen molar-refractivity contribution in [3.05, 3.63) is 39.7 Å². The molecule has 0 aromatic carbocycles. The third-order valence-electron chi connectivity index (χ3n) is 3.29. The number of anilines is 1. The SMILES string of the molecule is CC(=O)[C@H]1NCc2c(NC(=O)C=Cc3ccsc3)n[nH]c21. The van der Waals surface area contributed by atoms with Crippen LogP contribution in [-0.2, 0) is 16.1 Å². The number of hydrogen-bond donors (Lipinski definition) is 3. The van der Waals surface area contributed by atoms with Crippen molar-refractivity contribution in [1.82, 2.24) is 15.5 Å². The zero-order valence-corrected chi connectivity index (χ0v) is 12.2. The van der Waals surface area contributed by atoms with Gasteiger partial charge in [-0.1, -0.05) is 0 Å². The maximum absolute atomic E-state index is 11.9. The lowest BCUT2D eigenvalue weighted by Gasteiger charge is -2.03. The molecule has 1 amide bonds. The normalized spacial score (nSPS) is 17.1.